The molecule has 0 aliphatic carbocycles. The summed E-state index contributed by atoms with van der Waals surface area (Å²) in [7, 11) is 0. The van der Waals surface area contributed by atoms with Crippen molar-refractivity contribution in [2.45, 2.75) is 30.2 Å². The normalized spacial score (nSPS) is 10.8. The van der Waals surface area contributed by atoms with Crippen LogP contribution in [0.3, 0.4) is 0 Å². The number of benzene rings is 1. The van der Waals surface area contributed by atoms with Crippen molar-refractivity contribution < 1.29 is 4.79 Å². The first-order valence-electron chi connectivity index (χ1n) is 6.91. The number of hydrogen-bond donors (Lipinski definition) is 1. The van der Waals surface area contributed by atoms with Crippen molar-refractivity contribution in [2.24, 2.45) is 0 Å². The summed E-state index contributed by atoms with van der Waals surface area (Å²) in [5.74, 6) is 0.531. The molecule has 22 heavy (non-hydrogen) atoms. The molecule has 1 amide bonds. The number of aryl methyl sites for hydroxylation is 1. The van der Waals surface area contributed by atoms with Gasteiger partial charge in [0.05, 0.1) is 0 Å². The molecule has 0 spiro atoms. The van der Waals surface area contributed by atoms with Crippen LogP contribution in [-0.4, -0.2) is 25.5 Å². The van der Waals surface area contributed by atoms with E-state index in [2.05, 4.69) is 27.3 Å². The van der Waals surface area contributed by atoms with E-state index in [4.69, 9.17) is 0 Å². The highest BCUT2D eigenvalue weighted by Crippen LogP contribution is 2.29. The monoisotopic (exact) mass is 313 g/mol. The molecule has 3 rings (SSSR count). The molecule has 0 bridgehead atoms. The minimum Gasteiger partial charge on any atom is -0.326 e. The van der Waals surface area contributed by atoms with E-state index in [-0.39, 0.29) is 5.91 Å². The van der Waals surface area contributed by atoms with E-state index in [0.717, 1.165) is 27.7 Å². The van der Waals surface area contributed by atoms with Crippen LogP contribution in [0.4, 0.5) is 5.69 Å². The average molecular weight is 313 g/mol. The van der Waals surface area contributed by atoms with Crippen LogP contribution in [0.2, 0.25) is 0 Å². The van der Waals surface area contributed by atoms with Crippen molar-refractivity contribution in [3.8, 4) is 0 Å². The minimum absolute atomic E-state index is 0.0774. The number of nitrogens with zero attached hydrogens (tertiary/aromatic N) is 4. The molecular formula is C15H15N5OS. The van der Waals surface area contributed by atoms with Gasteiger partial charge in [0.15, 0.2) is 0 Å². The fourth-order valence-electron chi connectivity index (χ4n) is 2.02. The van der Waals surface area contributed by atoms with Gasteiger partial charge in [-0.2, -0.15) is 14.6 Å². The van der Waals surface area contributed by atoms with Gasteiger partial charge in [-0.1, -0.05) is 18.7 Å². The summed E-state index contributed by atoms with van der Waals surface area (Å²) in [6, 6.07) is 9.71. The van der Waals surface area contributed by atoms with Crippen LogP contribution in [0.15, 0.2) is 46.6 Å². The van der Waals surface area contributed by atoms with Crippen molar-refractivity contribution in [3.63, 3.8) is 0 Å². The molecule has 2 heterocycles. The van der Waals surface area contributed by atoms with Gasteiger partial charge < -0.3 is 5.32 Å². The van der Waals surface area contributed by atoms with Crippen molar-refractivity contribution in [2.75, 3.05) is 5.32 Å². The molecule has 0 unspecified atom stereocenters. The Morgan fingerprint density at radius 1 is 1.32 bits per heavy atom. The standard InChI is InChI=1S/C15H15N5OS/c1-3-11-8-14(20-15(19-11)16-9-17-20)22-13-6-4-12(5-7-13)18-10(2)21/h4-9H,3H2,1-2H3,(H,18,21). The van der Waals surface area contributed by atoms with Crippen molar-refractivity contribution in [1.29, 1.82) is 0 Å². The summed E-state index contributed by atoms with van der Waals surface area (Å²) in [5.41, 5.74) is 1.77. The number of fused-ring (bicyclic) bond motifs is 1. The zero-order valence-corrected chi connectivity index (χ0v) is 13.1. The third-order valence-electron chi connectivity index (χ3n) is 3.03. The van der Waals surface area contributed by atoms with E-state index >= 15 is 0 Å². The lowest BCUT2D eigenvalue weighted by Gasteiger charge is -2.07. The molecule has 0 aliphatic rings. The molecule has 0 atom stereocenters. The number of rotatable bonds is 4. The molecule has 2 aromatic heterocycles. The number of carbonyl (C=O) groups is 1. The second-order valence-electron chi connectivity index (χ2n) is 4.72. The van der Waals surface area contributed by atoms with Gasteiger partial charge in [0.1, 0.15) is 11.4 Å². The first-order valence-corrected chi connectivity index (χ1v) is 7.72. The lowest BCUT2D eigenvalue weighted by molar-refractivity contribution is -0.114. The summed E-state index contributed by atoms with van der Waals surface area (Å²) < 4.78 is 1.73. The van der Waals surface area contributed by atoms with Crippen molar-refractivity contribution in [3.05, 3.63) is 42.4 Å². The highest BCUT2D eigenvalue weighted by Gasteiger charge is 2.08. The van der Waals surface area contributed by atoms with Gasteiger partial charge in [0, 0.05) is 23.2 Å². The predicted octanol–water partition coefficient (Wildman–Crippen LogP) is 2.80. The molecule has 7 heteroatoms. The SMILES string of the molecule is CCc1cc(Sc2ccc(NC(C)=O)cc2)n2ncnc2n1. The van der Waals surface area contributed by atoms with Crippen LogP contribution in [0.25, 0.3) is 5.78 Å². The zero-order chi connectivity index (χ0) is 15.5. The first kappa shape index (κ1) is 14.5. The Balaban J connectivity index is 1.89. The molecular weight excluding hydrogens is 298 g/mol. The number of carbonyl (C=O) groups excluding carboxylic acids is 1. The van der Waals surface area contributed by atoms with Gasteiger partial charge in [-0.25, -0.2) is 4.98 Å². The minimum atomic E-state index is -0.0774. The van der Waals surface area contributed by atoms with Gasteiger partial charge in [0.2, 0.25) is 5.91 Å². The molecule has 1 aromatic carbocycles. The predicted molar refractivity (Wildman–Crippen MR) is 85.0 cm³/mol. The topological polar surface area (TPSA) is 72.2 Å². The summed E-state index contributed by atoms with van der Waals surface area (Å²) >= 11 is 1.59. The molecule has 112 valence electrons. The Morgan fingerprint density at radius 2 is 2.09 bits per heavy atom. The number of nitrogens with one attached hydrogen (secondary N) is 1. The van der Waals surface area contributed by atoms with Gasteiger partial charge in [0.25, 0.3) is 5.78 Å². The zero-order valence-electron chi connectivity index (χ0n) is 12.3. The van der Waals surface area contributed by atoms with E-state index < -0.39 is 0 Å². The van der Waals surface area contributed by atoms with E-state index in [1.165, 1.54) is 13.3 Å². The quantitative estimate of drug-likeness (QED) is 0.750. The largest absolute Gasteiger partial charge is 0.326 e. The third-order valence-corrected chi connectivity index (χ3v) is 4.04. The van der Waals surface area contributed by atoms with Crippen LogP contribution >= 0.6 is 11.8 Å². The van der Waals surface area contributed by atoms with Crippen molar-refractivity contribution in [1.82, 2.24) is 19.6 Å². The Labute approximate surface area is 132 Å². The van der Waals surface area contributed by atoms with E-state index in [1.54, 1.807) is 16.3 Å². The number of aromatic nitrogens is 4. The smallest absolute Gasteiger partial charge is 0.253 e. The molecule has 0 radical (unpaired) electrons. The van der Waals surface area contributed by atoms with Gasteiger partial charge >= 0.3 is 0 Å². The fraction of sp³-hybridized carbons (Fsp3) is 0.200. The maximum absolute atomic E-state index is 11.0. The van der Waals surface area contributed by atoms with Gasteiger partial charge in [-0.05, 0) is 36.8 Å². The highest BCUT2D eigenvalue weighted by molar-refractivity contribution is 7.99. The van der Waals surface area contributed by atoms with Crippen LogP contribution in [-0.2, 0) is 11.2 Å². The molecule has 0 saturated heterocycles. The Morgan fingerprint density at radius 3 is 2.77 bits per heavy atom. The second kappa shape index (κ2) is 6.15. The summed E-state index contributed by atoms with van der Waals surface area (Å²) in [4.78, 5) is 20.7. The van der Waals surface area contributed by atoms with Crippen LogP contribution in [0.1, 0.15) is 19.5 Å². The Hall–Kier alpha value is -2.41. The van der Waals surface area contributed by atoms with Gasteiger partial charge in [-0.15, -0.1) is 0 Å². The number of hydrogen-bond acceptors (Lipinski definition) is 5. The maximum Gasteiger partial charge on any atom is 0.253 e. The summed E-state index contributed by atoms with van der Waals surface area (Å²) in [5, 5.41) is 7.93. The Bertz CT molecular complexity index is 812. The fourth-order valence-corrected chi connectivity index (χ4v) is 2.94. The Kier molecular flexibility index (Phi) is 4.06. The molecule has 0 saturated carbocycles. The van der Waals surface area contributed by atoms with Gasteiger partial charge in [-0.3, -0.25) is 4.79 Å². The van der Waals surface area contributed by atoms with Crippen LogP contribution in [0.5, 0.6) is 0 Å². The first-order chi connectivity index (χ1) is 10.7. The molecule has 6 nitrogen and oxygen atoms in total. The summed E-state index contributed by atoms with van der Waals surface area (Å²) in [6.45, 7) is 3.55. The molecule has 0 fully saturated rings. The number of amides is 1. The average Bonchev–Trinajstić information content (AvgIpc) is 2.97. The van der Waals surface area contributed by atoms with Crippen LogP contribution < -0.4 is 5.32 Å². The van der Waals surface area contributed by atoms with E-state index in [9.17, 15) is 4.79 Å². The number of anilines is 1. The highest BCUT2D eigenvalue weighted by atomic mass is 32.2. The maximum atomic E-state index is 11.0. The second-order valence-corrected chi connectivity index (χ2v) is 5.81. The van der Waals surface area contributed by atoms with E-state index in [1.807, 2.05) is 30.3 Å². The molecule has 0 aliphatic heterocycles. The summed E-state index contributed by atoms with van der Waals surface area (Å²) in [6.07, 6.45) is 2.35. The molecule has 3 aromatic rings. The van der Waals surface area contributed by atoms with Crippen molar-refractivity contribution >= 4 is 29.1 Å². The van der Waals surface area contributed by atoms with Crippen LogP contribution in [0, 0.1) is 0 Å². The molecule has 1 N–H and O–H groups in total. The lowest BCUT2D eigenvalue weighted by Crippen LogP contribution is -2.05. The van der Waals surface area contributed by atoms with E-state index in [0.29, 0.717) is 5.78 Å². The lowest BCUT2D eigenvalue weighted by atomic mass is 10.3. The third kappa shape index (κ3) is 3.09.